The van der Waals surface area contributed by atoms with Crippen LogP contribution < -0.4 is 5.79 Å². The Hall–Kier alpha value is -0.463. The van der Waals surface area contributed by atoms with Crippen LogP contribution in [0, 0.1) is 11.8 Å². The molecular weight excluding hydrogens is 1290 g/mol. The van der Waals surface area contributed by atoms with Gasteiger partial charge in [-0.25, -0.2) is 0 Å². The SMILES string of the molecule is CCCCCCCCCCC(CCCCCCCC)Cc1ccc(-c2ccc(-c3c4c[c]([Sn]([CH3])([CH3])[CH3])sc4c(-c4ccc(-c5ccc(CC(CCCCCCCC)CCCCCCCCCC)s5)s4)c4c[c]([Sn]([CH3])([CH3])[CH3])sc34)s2)s1. The summed E-state index contributed by atoms with van der Waals surface area (Å²) in [5.41, 5.74) is 3.06. The van der Waals surface area contributed by atoms with Gasteiger partial charge in [0, 0.05) is 0 Å². The number of hydrogen-bond donors (Lipinski definition) is 0. The second-order valence-electron chi connectivity index (χ2n) is 26.6. The van der Waals surface area contributed by atoms with E-state index in [1.54, 1.807) is 24.9 Å². The van der Waals surface area contributed by atoms with Crippen LogP contribution in [0.1, 0.15) is 243 Å². The molecule has 2 atom stereocenters. The number of unbranched alkanes of at least 4 members (excludes halogenated alkanes) is 24. The Balaban J connectivity index is 1.13. The van der Waals surface area contributed by atoms with E-state index >= 15 is 0 Å². The van der Waals surface area contributed by atoms with Crippen molar-refractivity contribution in [3.05, 3.63) is 70.4 Å². The van der Waals surface area contributed by atoms with Crippen LogP contribution >= 0.6 is 68.0 Å². The molecule has 1 aromatic carbocycles. The molecule has 0 N–H and O–H groups in total. The summed E-state index contributed by atoms with van der Waals surface area (Å²) in [4.78, 5) is 27.8. The number of thiophene rings is 6. The Kier molecular flexibility index (Phi) is 29.6. The van der Waals surface area contributed by atoms with Crippen molar-refractivity contribution in [3.63, 3.8) is 0 Å². The van der Waals surface area contributed by atoms with Crippen molar-refractivity contribution >= 4 is 131 Å². The third-order valence-electron chi connectivity index (χ3n) is 17.3. The Morgan fingerprint density at radius 3 is 0.863 bits per heavy atom. The molecule has 7 aromatic rings. The van der Waals surface area contributed by atoms with E-state index in [1.165, 1.54) is 269 Å². The Bertz CT molecular complexity index is 2560. The summed E-state index contributed by atoms with van der Waals surface area (Å²) >= 11 is 7.75. The normalized spacial score (nSPS) is 13.2. The van der Waals surface area contributed by atoms with Crippen molar-refractivity contribution in [1.29, 1.82) is 0 Å². The van der Waals surface area contributed by atoms with Crippen LogP contribution in [0.4, 0.5) is 0 Å². The molecule has 0 aliphatic carbocycles. The van der Waals surface area contributed by atoms with Gasteiger partial charge in [-0.3, -0.25) is 0 Å². The first kappa shape index (κ1) is 67.1. The molecule has 0 aliphatic rings. The fourth-order valence-electron chi connectivity index (χ4n) is 12.3. The molecule has 0 amide bonds. The average molecular weight is 1410 g/mol. The minimum absolute atomic E-state index is 0.822. The van der Waals surface area contributed by atoms with Crippen LogP contribution in [-0.4, -0.2) is 36.8 Å². The molecule has 0 radical (unpaired) electrons. The molecule has 0 fully saturated rings. The summed E-state index contributed by atoms with van der Waals surface area (Å²) < 4.78 is 6.49. The van der Waals surface area contributed by atoms with Crippen molar-refractivity contribution < 1.29 is 0 Å². The third-order valence-corrected chi connectivity index (χ3v) is 43.3. The van der Waals surface area contributed by atoms with Crippen LogP contribution in [0.25, 0.3) is 60.6 Å². The van der Waals surface area contributed by atoms with Gasteiger partial charge in [0.05, 0.1) is 0 Å². The summed E-state index contributed by atoms with van der Waals surface area (Å²) in [6.07, 6.45) is 47.6. The summed E-state index contributed by atoms with van der Waals surface area (Å²) in [5, 5.41) is 3.05. The molecule has 80 heavy (non-hydrogen) atoms. The van der Waals surface area contributed by atoms with E-state index in [0.717, 1.165) is 11.8 Å². The van der Waals surface area contributed by atoms with E-state index in [0.29, 0.717) is 0 Å². The molecule has 2 unspecified atom stereocenters. The zero-order chi connectivity index (χ0) is 56.7. The first-order valence-corrected chi connectivity index (χ1v) is 58.1. The van der Waals surface area contributed by atoms with Gasteiger partial charge in [0.25, 0.3) is 0 Å². The minimum atomic E-state index is -2.47. The molecule has 0 bridgehead atoms. The van der Waals surface area contributed by atoms with E-state index in [-0.39, 0.29) is 0 Å². The standard InChI is InChI=1S/C66H92S6.6CH3.2Sn/c1-5-9-13-17-21-23-27-31-35-51(33-29-25-19-15-11-7-3)49-53-37-39-57(69-53)59-41-43-61(71-59)63-55-45-47-68-66(55)64(56-46-48-67-65(56)63)62-44-42-60(72-62)58-40-38-54(70-58)50-52(34-30-26-20-16-12-8-4)36-32-28-24-22-18-14-10-6-2;;;;;;;;/h37-46,51-52H,5-36,49-50H2,1-4H3;6*1H3;;. The molecule has 6 heterocycles. The van der Waals surface area contributed by atoms with Gasteiger partial charge in [-0.15, -0.1) is 0 Å². The van der Waals surface area contributed by atoms with E-state index in [2.05, 4.69) is 186 Å². The summed E-state index contributed by atoms with van der Waals surface area (Å²) in [5.74, 6) is 1.64. The predicted molar refractivity (Wildman–Crippen MR) is 381 cm³/mol. The summed E-state index contributed by atoms with van der Waals surface area (Å²) in [6.45, 7) is 9.34. The van der Waals surface area contributed by atoms with Gasteiger partial charge in [-0.05, 0) is 0 Å². The van der Waals surface area contributed by atoms with Crippen LogP contribution in [0.3, 0.4) is 0 Å². The van der Waals surface area contributed by atoms with Crippen LogP contribution in [0.15, 0.2) is 60.7 Å². The van der Waals surface area contributed by atoms with Crippen molar-refractivity contribution in [2.75, 3.05) is 0 Å². The van der Waals surface area contributed by atoms with Crippen LogP contribution in [0.5, 0.6) is 0 Å². The number of benzene rings is 1. The molecule has 0 saturated heterocycles. The fraction of sp³-hybridized carbons (Fsp3) is 0.639. The van der Waals surface area contributed by atoms with E-state index in [9.17, 15) is 0 Å². The molecule has 0 aliphatic heterocycles. The number of fused-ring (bicyclic) bond motifs is 2. The number of rotatable bonds is 42. The van der Waals surface area contributed by atoms with E-state index in [4.69, 9.17) is 0 Å². The Morgan fingerprint density at radius 1 is 0.300 bits per heavy atom. The van der Waals surface area contributed by atoms with E-state index < -0.39 is 36.8 Å². The summed E-state index contributed by atoms with van der Waals surface area (Å²) in [7, 11) is 0. The average Bonchev–Trinajstić information content (AvgIpc) is 4.32. The van der Waals surface area contributed by atoms with Gasteiger partial charge in [0.2, 0.25) is 0 Å². The third kappa shape index (κ3) is 20.9. The fourth-order valence-corrected chi connectivity index (χ4v) is 29.8. The Labute approximate surface area is 523 Å². The topological polar surface area (TPSA) is 0 Å². The molecule has 6 aromatic heterocycles. The van der Waals surface area contributed by atoms with Crippen LogP contribution in [-0.2, 0) is 12.8 Å². The monoisotopic (exact) mass is 1410 g/mol. The molecular formula is C72H110S6Sn2. The van der Waals surface area contributed by atoms with Gasteiger partial charge in [-0.2, -0.15) is 0 Å². The molecule has 0 nitrogen and oxygen atoms in total. The van der Waals surface area contributed by atoms with Crippen molar-refractivity contribution in [2.45, 2.75) is 276 Å². The van der Waals surface area contributed by atoms with Crippen molar-refractivity contribution in [2.24, 2.45) is 11.8 Å². The Morgan fingerprint density at radius 2 is 0.562 bits per heavy atom. The van der Waals surface area contributed by atoms with Gasteiger partial charge in [-0.1, -0.05) is 233 Å². The predicted octanol–water partition coefficient (Wildman–Crippen LogP) is 27.0. The van der Waals surface area contributed by atoms with Crippen molar-refractivity contribution in [3.8, 4) is 40.4 Å². The van der Waals surface area contributed by atoms with E-state index in [1.807, 2.05) is 0 Å². The molecule has 0 saturated carbocycles. The molecule has 8 heteroatoms. The zero-order valence-corrected chi connectivity index (χ0v) is 63.0. The summed E-state index contributed by atoms with van der Waals surface area (Å²) in [6, 6.07) is 25.4. The van der Waals surface area contributed by atoms with Crippen molar-refractivity contribution in [1.82, 2.24) is 0 Å². The molecule has 0 spiro atoms. The quantitative estimate of drug-likeness (QED) is 0.0264. The van der Waals surface area contributed by atoms with Gasteiger partial charge >= 0.3 is 296 Å². The second-order valence-corrected chi connectivity index (χ2v) is 64.0. The van der Waals surface area contributed by atoms with Gasteiger partial charge in [0.15, 0.2) is 0 Å². The van der Waals surface area contributed by atoms with Gasteiger partial charge < -0.3 is 0 Å². The number of hydrogen-bond acceptors (Lipinski definition) is 6. The first-order chi connectivity index (χ1) is 38.8. The first-order valence-electron chi connectivity index (χ1n) is 33.2. The van der Waals surface area contributed by atoms with Crippen LogP contribution in [0.2, 0.25) is 29.6 Å². The molecule has 7 rings (SSSR count). The zero-order valence-electron chi connectivity index (χ0n) is 52.4. The second kappa shape index (κ2) is 35.4. The van der Waals surface area contributed by atoms with Gasteiger partial charge in [0.1, 0.15) is 0 Å². The maximum absolute atomic E-state index is 2.71. The molecule has 442 valence electrons. The maximum atomic E-state index is 2.71.